The summed E-state index contributed by atoms with van der Waals surface area (Å²) in [6.07, 6.45) is 1.18. The van der Waals surface area contributed by atoms with Crippen LogP contribution in [0, 0.1) is 20.8 Å². The van der Waals surface area contributed by atoms with Gasteiger partial charge in [0.15, 0.2) is 5.69 Å². The highest BCUT2D eigenvalue weighted by molar-refractivity contribution is 7.92. The van der Waals surface area contributed by atoms with E-state index in [2.05, 4.69) is 9.82 Å². The SMILES string of the molecule is Cc1cc(C)c(S(=O)(=O)Nc2cnn(C)c2C(=O)O)c(C)c1. The Morgan fingerprint density at radius 3 is 2.27 bits per heavy atom. The van der Waals surface area contributed by atoms with Gasteiger partial charge < -0.3 is 5.11 Å². The number of aryl methyl sites for hydroxylation is 4. The number of hydrogen-bond donors (Lipinski definition) is 2. The van der Waals surface area contributed by atoms with E-state index >= 15 is 0 Å². The van der Waals surface area contributed by atoms with Gasteiger partial charge in [-0.1, -0.05) is 17.7 Å². The van der Waals surface area contributed by atoms with Gasteiger partial charge in [-0.05, 0) is 31.9 Å². The highest BCUT2D eigenvalue weighted by atomic mass is 32.2. The molecule has 22 heavy (non-hydrogen) atoms. The molecule has 0 saturated carbocycles. The summed E-state index contributed by atoms with van der Waals surface area (Å²) in [5.41, 5.74) is 1.89. The molecule has 0 unspecified atom stereocenters. The molecule has 1 aromatic heterocycles. The van der Waals surface area contributed by atoms with Gasteiger partial charge in [-0.2, -0.15) is 5.10 Å². The first kappa shape index (κ1) is 16.0. The van der Waals surface area contributed by atoms with Gasteiger partial charge >= 0.3 is 5.97 Å². The largest absolute Gasteiger partial charge is 0.476 e. The molecule has 2 rings (SSSR count). The van der Waals surface area contributed by atoms with E-state index in [-0.39, 0.29) is 16.3 Å². The van der Waals surface area contributed by atoms with E-state index in [1.165, 1.54) is 13.2 Å². The van der Waals surface area contributed by atoms with Crippen molar-refractivity contribution >= 4 is 21.7 Å². The fourth-order valence-corrected chi connectivity index (χ4v) is 4.06. The first-order valence-corrected chi connectivity index (χ1v) is 7.97. The average Bonchev–Trinajstić information content (AvgIpc) is 2.67. The minimum Gasteiger partial charge on any atom is -0.476 e. The van der Waals surface area contributed by atoms with Gasteiger partial charge in [-0.25, -0.2) is 13.2 Å². The fourth-order valence-electron chi connectivity index (χ4n) is 2.55. The normalized spacial score (nSPS) is 11.5. The number of aromatic nitrogens is 2. The van der Waals surface area contributed by atoms with Crippen molar-refractivity contribution in [1.29, 1.82) is 0 Å². The van der Waals surface area contributed by atoms with Crippen LogP contribution in [0.2, 0.25) is 0 Å². The summed E-state index contributed by atoms with van der Waals surface area (Å²) < 4.78 is 28.6. The van der Waals surface area contributed by atoms with Gasteiger partial charge in [0.25, 0.3) is 10.0 Å². The predicted molar refractivity (Wildman–Crippen MR) is 81.6 cm³/mol. The lowest BCUT2D eigenvalue weighted by atomic mass is 10.1. The van der Waals surface area contributed by atoms with Crippen molar-refractivity contribution < 1.29 is 18.3 Å². The summed E-state index contributed by atoms with van der Waals surface area (Å²) in [6, 6.07) is 3.53. The maximum absolute atomic E-state index is 12.6. The summed E-state index contributed by atoms with van der Waals surface area (Å²) in [4.78, 5) is 11.4. The third-order valence-corrected chi connectivity index (χ3v) is 4.93. The molecule has 2 aromatic rings. The van der Waals surface area contributed by atoms with Crippen LogP contribution in [-0.2, 0) is 17.1 Å². The zero-order valence-electron chi connectivity index (χ0n) is 12.7. The molecule has 2 N–H and O–H groups in total. The van der Waals surface area contributed by atoms with Crippen LogP contribution >= 0.6 is 0 Å². The average molecular weight is 323 g/mol. The van der Waals surface area contributed by atoms with Gasteiger partial charge in [0, 0.05) is 7.05 Å². The second kappa shape index (κ2) is 5.45. The standard InChI is InChI=1S/C14H17N3O4S/c1-8-5-9(2)13(10(3)6-8)22(20,21)16-11-7-15-17(4)12(11)14(18)19/h5-7,16H,1-4H3,(H,18,19). The number of rotatable bonds is 4. The lowest BCUT2D eigenvalue weighted by Crippen LogP contribution is -2.18. The van der Waals surface area contributed by atoms with E-state index in [1.807, 2.05) is 6.92 Å². The Kier molecular flexibility index (Phi) is 3.97. The van der Waals surface area contributed by atoms with Crippen LogP contribution in [0.4, 0.5) is 5.69 Å². The number of hydrogen-bond acceptors (Lipinski definition) is 4. The number of nitrogens with one attached hydrogen (secondary N) is 1. The van der Waals surface area contributed by atoms with E-state index < -0.39 is 16.0 Å². The molecule has 0 amide bonds. The highest BCUT2D eigenvalue weighted by Crippen LogP contribution is 2.25. The second-order valence-electron chi connectivity index (χ2n) is 5.17. The van der Waals surface area contributed by atoms with Crippen molar-refractivity contribution in [3.8, 4) is 0 Å². The van der Waals surface area contributed by atoms with Gasteiger partial charge in [0.05, 0.1) is 11.1 Å². The molecule has 0 bridgehead atoms. The molecule has 0 aliphatic carbocycles. The molecule has 0 radical (unpaired) electrons. The van der Waals surface area contributed by atoms with Crippen molar-refractivity contribution in [2.75, 3.05) is 4.72 Å². The summed E-state index contributed by atoms with van der Waals surface area (Å²) in [5, 5.41) is 12.9. The van der Waals surface area contributed by atoms with Crippen LogP contribution in [-0.4, -0.2) is 29.3 Å². The molecule has 1 heterocycles. The van der Waals surface area contributed by atoms with E-state index in [9.17, 15) is 13.2 Å². The Morgan fingerprint density at radius 1 is 1.23 bits per heavy atom. The van der Waals surface area contributed by atoms with E-state index in [0.29, 0.717) is 11.1 Å². The molecular weight excluding hydrogens is 306 g/mol. The Labute approximate surface area is 128 Å². The lowest BCUT2D eigenvalue weighted by Gasteiger charge is -2.13. The Balaban J connectivity index is 2.52. The van der Waals surface area contributed by atoms with Crippen molar-refractivity contribution in [2.45, 2.75) is 25.7 Å². The number of benzene rings is 1. The molecule has 0 fully saturated rings. The molecule has 1 aromatic carbocycles. The maximum atomic E-state index is 12.6. The third-order valence-electron chi connectivity index (χ3n) is 3.26. The second-order valence-corrected chi connectivity index (χ2v) is 6.79. The van der Waals surface area contributed by atoms with Crippen LogP contribution in [0.3, 0.4) is 0 Å². The third kappa shape index (κ3) is 2.82. The van der Waals surface area contributed by atoms with Crippen molar-refractivity contribution in [1.82, 2.24) is 9.78 Å². The molecule has 0 aliphatic rings. The van der Waals surface area contributed by atoms with E-state index in [1.54, 1.807) is 26.0 Å². The van der Waals surface area contributed by atoms with Crippen LogP contribution in [0.1, 0.15) is 27.2 Å². The van der Waals surface area contributed by atoms with Crippen LogP contribution < -0.4 is 4.72 Å². The van der Waals surface area contributed by atoms with E-state index in [0.717, 1.165) is 10.2 Å². The zero-order valence-corrected chi connectivity index (χ0v) is 13.5. The maximum Gasteiger partial charge on any atom is 0.356 e. The molecule has 0 atom stereocenters. The number of sulfonamides is 1. The summed E-state index contributed by atoms with van der Waals surface area (Å²) in [7, 11) is -2.47. The number of anilines is 1. The lowest BCUT2D eigenvalue weighted by molar-refractivity contribution is 0.0686. The zero-order chi connectivity index (χ0) is 16.7. The minimum atomic E-state index is -3.90. The molecule has 0 spiro atoms. The smallest absolute Gasteiger partial charge is 0.356 e. The number of carboxylic acid groups (broad SMARTS) is 1. The Hall–Kier alpha value is -2.35. The quantitative estimate of drug-likeness (QED) is 0.894. The summed E-state index contributed by atoms with van der Waals surface area (Å²) >= 11 is 0. The topological polar surface area (TPSA) is 101 Å². The summed E-state index contributed by atoms with van der Waals surface area (Å²) in [5.74, 6) is -1.25. The van der Waals surface area contributed by atoms with Crippen molar-refractivity contribution in [3.63, 3.8) is 0 Å². The van der Waals surface area contributed by atoms with E-state index in [4.69, 9.17) is 5.11 Å². The monoisotopic (exact) mass is 323 g/mol. The van der Waals surface area contributed by atoms with Crippen molar-refractivity contribution in [3.05, 3.63) is 40.7 Å². The molecule has 0 aliphatic heterocycles. The Morgan fingerprint density at radius 2 is 1.77 bits per heavy atom. The fraction of sp³-hybridized carbons (Fsp3) is 0.286. The van der Waals surface area contributed by atoms with Gasteiger partial charge in [-0.3, -0.25) is 9.40 Å². The molecule has 8 heteroatoms. The van der Waals surface area contributed by atoms with Crippen LogP contribution in [0.5, 0.6) is 0 Å². The number of aromatic carboxylic acids is 1. The first-order valence-electron chi connectivity index (χ1n) is 6.49. The minimum absolute atomic E-state index is 0.0608. The van der Waals surface area contributed by atoms with Gasteiger partial charge in [0.2, 0.25) is 0 Å². The van der Waals surface area contributed by atoms with Crippen LogP contribution in [0.15, 0.2) is 23.2 Å². The first-order chi connectivity index (χ1) is 10.1. The number of carbonyl (C=O) groups is 1. The van der Waals surface area contributed by atoms with Crippen LogP contribution in [0.25, 0.3) is 0 Å². The number of nitrogens with zero attached hydrogens (tertiary/aromatic N) is 2. The summed E-state index contributed by atoms with van der Waals surface area (Å²) in [6.45, 7) is 5.29. The molecule has 0 saturated heterocycles. The Bertz CT molecular complexity index is 830. The van der Waals surface area contributed by atoms with Gasteiger partial charge in [-0.15, -0.1) is 0 Å². The predicted octanol–water partition coefficient (Wildman–Crippen LogP) is 1.84. The molecular formula is C14H17N3O4S. The number of carboxylic acids is 1. The molecule has 7 nitrogen and oxygen atoms in total. The molecule has 118 valence electrons. The highest BCUT2D eigenvalue weighted by Gasteiger charge is 2.24. The van der Waals surface area contributed by atoms with Crippen molar-refractivity contribution in [2.24, 2.45) is 7.05 Å². The van der Waals surface area contributed by atoms with Gasteiger partial charge in [0.1, 0.15) is 5.69 Å².